The van der Waals surface area contributed by atoms with Crippen LogP contribution in [0.5, 0.6) is 0 Å². The molecular formula is C12H30Cr2N4O11. The van der Waals surface area contributed by atoms with Gasteiger partial charge < -0.3 is 33.1 Å². The van der Waals surface area contributed by atoms with Crippen LogP contribution in [0.2, 0.25) is 0 Å². The van der Waals surface area contributed by atoms with Gasteiger partial charge in [-0.1, -0.05) is 0 Å². The Hall–Kier alpha value is -1.08. The van der Waals surface area contributed by atoms with Crippen LogP contribution in [0.4, 0.5) is 0 Å². The Bertz CT molecular complexity index is 599. The van der Waals surface area contributed by atoms with Crippen molar-refractivity contribution in [1.29, 1.82) is 0 Å². The van der Waals surface area contributed by atoms with E-state index < -0.39 is 51.2 Å². The molecule has 0 bridgehead atoms. The maximum absolute atomic E-state index is 10.2. The molecular weight excluding hydrogens is 480 g/mol. The molecule has 0 saturated carbocycles. The van der Waals surface area contributed by atoms with E-state index in [-0.39, 0.29) is 0 Å². The van der Waals surface area contributed by atoms with Crippen LogP contribution in [0, 0.1) is 0 Å². The quantitative estimate of drug-likeness (QED) is 0.134. The Morgan fingerprint density at radius 3 is 1.21 bits per heavy atom. The fraction of sp³-hybridized carbons (Fsp3) is 0.833. The fourth-order valence-electron chi connectivity index (χ4n) is 1.42. The molecule has 0 aliphatic carbocycles. The van der Waals surface area contributed by atoms with Gasteiger partial charge in [0.15, 0.2) is 12.1 Å². The molecule has 0 heterocycles. The SMILES string of the molecule is NCCCC[C@H]([NH3+])C(=O)O.NCCCC[C@H]([NH3+])C(=O)O.[O]=[Cr](=[O])([O-])[O][Cr](=[O])(=[O])[O-]. The average Bonchev–Trinajstić information content (AvgIpc) is 2.52. The minimum atomic E-state index is -6.07. The van der Waals surface area contributed by atoms with Crippen molar-refractivity contribution in [1.82, 2.24) is 0 Å². The van der Waals surface area contributed by atoms with E-state index in [1.54, 1.807) is 0 Å². The van der Waals surface area contributed by atoms with Crippen molar-refractivity contribution in [2.75, 3.05) is 13.1 Å². The molecule has 0 saturated heterocycles. The predicted molar refractivity (Wildman–Crippen MR) is 78.3 cm³/mol. The fourth-order valence-corrected chi connectivity index (χ4v) is 3.05. The van der Waals surface area contributed by atoms with Gasteiger partial charge in [0.25, 0.3) is 0 Å². The van der Waals surface area contributed by atoms with Gasteiger partial charge in [-0.2, -0.15) is 0 Å². The Morgan fingerprint density at radius 2 is 1.07 bits per heavy atom. The third-order valence-electron chi connectivity index (χ3n) is 2.88. The summed E-state index contributed by atoms with van der Waals surface area (Å²) in [6, 6.07) is -0.932. The summed E-state index contributed by atoms with van der Waals surface area (Å²) in [6.45, 7) is 1.26. The van der Waals surface area contributed by atoms with Crippen molar-refractivity contribution in [3.8, 4) is 0 Å². The summed E-state index contributed by atoms with van der Waals surface area (Å²) >= 11 is -12.1. The van der Waals surface area contributed by atoms with Crippen LogP contribution in [-0.2, 0) is 54.9 Å². The van der Waals surface area contributed by atoms with E-state index in [4.69, 9.17) is 21.7 Å². The molecule has 15 nitrogen and oxygen atoms in total. The van der Waals surface area contributed by atoms with Crippen molar-refractivity contribution in [3.63, 3.8) is 0 Å². The van der Waals surface area contributed by atoms with Gasteiger partial charge in [-0.05, 0) is 38.8 Å². The van der Waals surface area contributed by atoms with Gasteiger partial charge in [-0.15, -0.1) is 0 Å². The molecule has 0 aliphatic heterocycles. The van der Waals surface area contributed by atoms with E-state index in [0.29, 0.717) is 25.9 Å². The molecule has 0 aromatic heterocycles. The zero-order chi connectivity index (χ0) is 23.7. The van der Waals surface area contributed by atoms with Gasteiger partial charge in [0, 0.05) is 12.8 Å². The van der Waals surface area contributed by atoms with Crippen LogP contribution in [0.1, 0.15) is 38.5 Å². The molecule has 12 N–H and O–H groups in total. The number of quaternary nitrogens is 2. The van der Waals surface area contributed by atoms with E-state index in [2.05, 4.69) is 14.3 Å². The second-order valence-corrected chi connectivity index (χ2v) is 9.16. The molecule has 17 heteroatoms. The van der Waals surface area contributed by atoms with Gasteiger partial charge in [0.2, 0.25) is 0 Å². The van der Waals surface area contributed by atoms with Crippen LogP contribution < -0.4 is 31.3 Å². The van der Waals surface area contributed by atoms with Gasteiger partial charge in [-0.3, -0.25) is 0 Å². The number of carboxylic acids is 2. The first-order valence-corrected chi connectivity index (χ1v) is 12.4. The number of hydrogen-bond donors (Lipinski definition) is 6. The number of carbonyl (C=O) groups is 2. The molecule has 0 aromatic rings. The second-order valence-electron chi connectivity index (χ2n) is 5.52. The van der Waals surface area contributed by atoms with E-state index in [1.807, 2.05) is 0 Å². The van der Waals surface area contributed by atoms with Gasteiger partial charge in [0.1, 0.15) is 0 Å². The van der Waals surface area contributed by atoms with Crippen LogP contribution in [0.3, 0.4) is 0 Å². The summed E-state index contributed by atoms with van der Waals surface area (Å²) in [6.07, 6.45) is 4.76. The molecule has 0 amide bonds. The number of unbranched alkanes of at least 4 members (excludes halogenated alkanes) is 2. The third-order valence-corrected chi connectivity index (χ3v) is 5.55. The molecule has 29 heavy (non-hydrogen) atoms. The van der Waals surface area contributed by atoms with Gasteiger partial charge in [-0.25, -0.2) is 9.59 Å². The monoisotopic (exact) mass is 510 g/mol. The number of rotatable bonds is 12. The molecule has 2 atom stereocenters. The molecule has 0 aliphatic rings. The Balaban J connectivity index is -0.000000350. The van der Waals surface area contributed by atoms with Crippen molar-refractivity contribution >= 4 is 11.9 Å². The minimum absolute atomic E-state index is 0.466. The first kappa shape index (κ1) is 32.6. The topological polar surface area (TPSA) is 306 Å². The van der Waals surface area contributed by atoms with E-state index >= 15 is 0 Å². The predicted octanol–water partition coefficient (Wildman–Crippen LogP) is -5.31. The third kappa shape index (κ3) is 31.8. The summed E-state index contributed by atoms with van der Waals surface area (Å²) in [5, 5.41) is 16.8. The number of nitrogens with two attached hydrogens (primary N) is 2. The van der Waals surface area contributed by atoms with E-state index in [1.165, 1.54) is 0 Å². The maximum atomic E-state index is 10.2. The average molecular weight is 510 g/mol. The molecule has 0 spiro atoms. The Morgan fingerprint density at radius 1 is 0.793 bits per heavy atom. The summed E-state index contributed by atoms with van der Waals surface area (Å²) in [4.78, 5) is 20.4. The summed E-state index contributed by atoms with van der Waals surface area (Å²) < 4.78 is 58.9. The van der Waals surface area contributed by atoms with Crippen LogP contribution in [0.15, 0.2) is 0 Å². The Kier molecular flexibility index (Phi) is 20.0. The molecule has 0 rings (SSSR count). The van der Waals surface area contributed by atoms with E-state index in [0.717, 1.165) is 25.7 Å². The van der Waals surface area contributed by atoms with Crippen LogP contribution in [0.25, 0.3) is 0 Å². The summed E-state index contributed by atoms with van der Waals surface area (Å²) in [5.74, 6) is -1.64. The number of carboxylic acid groups (broad SMARTS) is 2. The number of hydrogen-bond acceptors (Lipinski definition) is 11. The molecule has 176 valence electrons. The van der Waals surface area contributed by atoms with Crippen LogP contribution >= 0.6 is 0 Å². The Labute approximate surface area is 172 Å². The van der Waals surface area contributed by atoms with Crippen LogP contribution in [-0.4, -0.2) is 47.3 Å². The van der Waals surface area contributed by atoms with Crippen molar-refractivity contribution in [2.45, 2.75) is 50.6 Å². The molecule has 0 radical (unpaired) electrons. The van der Waals surface area contributed by atoms with Crippen molar-refractivity contribution in [2.24, 2.45) is 11.5 Å². The van der Waals surface area contributed by atoms with Crippen molar-refractivity contribution < 1.29 is 84.9 Å². The molecule has 0 fully saturated rings. The number of aliphatic carboxylic acids is 2. The standard InChI is InChI=1S/2C6H14N2O2.2Cr.7O/c2*7-4-2-1-3-5(8)6(9)10;;;;;;;;;/h2*5H,1-4,7-8H2,(H,9,10);;;;;;;;;/q;;;;;;;;;2*-1/p+2/t2*5-;;;;;;;;;/m00........./s1. The van der Waals surface area contributed by atoms with Gasteiger partial charge >= 0.3 is 65.5 Å². The normalized spacial score (nSPS) is 13.2. The zero-order valence-electron chi connectivity index (χ0n) is 15.8. The molecule has 0 unspecified atom stereocenters. The summed E-state index contributed by atoms with van der Waals surface area (Å²) in [7, 11) is 0. The summed E-state index contributed by atoms with van der Waals surface area (Å²) in [5.41, 5.74) is 17.4. The van der Waals surface area contributed by atoms with Crippen molar-refractivity contribution in [3.05, 3.63) is 0 Å². The zero-order valence-corrected chi connectivity index (χ0v) is 18.3. The molecule has 0 aromatic carbocycles. The first-order chi connectivity index (χ1) is 13.1. The first-order valence-electron chi connectivity index (χ1n) is 8.22. The van der Waals surface area contributed by atoms with Gasteiger partial charge in [0.05, 0.1) is 0 Å². The van der Waals surface area contributed by atoms with E-state index in [9.17, 15) is 33.1 Å². The second kappa shape index (κ2) is 17.8.